The quantitative estimate of drug-likeness (QED) is 0.709. The monoisotopic (exact) mass is 158 g/mol. The minimum Gasteiger partial charge on any atom is -0.384 e. The van der Waals surface area contributed by atoms with Crippen molar-refractivity contribution in [1.29, 1.82) is 0 Å². The third kappa shape index (κ3) is 1.77. The highest BCUT2D eigenvalue weighted by Gasteiger charge is 2.08. The molecule has 11 heavy (non-hydrogen) atoms. The van der Waals surface area contributed by atoms with Gasteiger partial charge in [-0.25, -0.2) is 4.39 Å². The molecule has 1 heterocycles. The van der Waals surface area contributed by atoms with Crippen LogP contribution in [0.5, 0.6) is 0 Å². The molecule has 0 aliphatic heterocycles. The molecule has 0 saturated carbocycles. The minimum absolute atomic E-state index is 0.398. The molecule has 62 valence electrons. The summed E-state index contributed by atoms with van der Waals surface area (Å²) in [6.45, 7) is 1.89. The largest absolute Gasteiger partial charge is 0.384 e. The number of halogens is 1. The summed E-state index contributed by atoms with van der Waals surface area (Å²) in [6, 6.07) is 1.62. The van der Waals surface area contributed by atoms with Gasteiger partial charge in [0.05, 0.1) is 5.69 Å². The number of aromatic nitrogens is 2. The van der Waals surface area contributed by atoms with Crippen LogP contribution in [0.25, 0.3) is 0 Å². The molecule has 0 aliphatic rings. The Morgan fingerprint density at radius 1 is 1.82 bits per heavy atom. The van der Waals surface area contributed by atoms with Crippen molar-refractivity contribution >= 4 is 0 Å². The van der Waals surface area contributed by atoms with Crippen LogP contribution in [0.4, 0.5) is 4.39 Å². The van der Waals surface area contributed by atoms with Crippen LogP contribution >= 0.6 is 0 Å². The highest BCUT2D eigenvalue weighted by Crippen LogP contribution is 2.09. The van der Waals surface area contributed by atoms with Crippen LogP contribution in [0.2, 0.25) is 0 Å². The highest BCUT2D eigenvalue weighted by molar-refractivity contribution is 5.02. The number of alkyl halides is 1. The summed E-state index contributed by atoms with van der Waals surface area (Å²) in [5.74, 6) is 0. The molecule has 0 radical (unpaired) electrons. The highest BCUT2D eigenvalue weighted by atomic mass is 19.1. The molecule has 1 aromatic rings. The molecule has 1 rings (SSSR count). The van der Waals surface area contributed by atoms with Gasteiger partial charge in [0.15, 0.2) is 0 Å². The zero-order chi connectivity index (χ0) is 8.27. The van der Waals surface area contributed by atoms with Gasteiger partial charge in [-0.2, -0.15) is 5.10 Å². The molecule has 0 bridgehead atoms. The number of hydrogen-bond acceptors (Lipinski definition) is 2. The zero-order valence-corrected chi connectivity index (χ0v) is 6.37. The van der Waals surface area contributed by atoms with Crippen molar-refractivity contribution < 1.29 is 9.50 Å². The van der Waals surface area contributed by atoms with Gasteiger partial charge in [-0.15, -0.1) is 0 Å². The number of aliphatic hydroxyl groups is 1. The second-order valence-corrected chi connectivity index (χ2v) is 2.27. The molecule has 0 saturated heterocycles. The summed E-state index contributed by atoms with van der Waals surface area (Å²) in [7, 11) is 0. The Bertz CT molecular complexity index is 224. The van der Waals surface area contributed by atoms with E-state index in [1.54, 1.807) is 16.9 Å². The fourth-order valence-corrected chi connectivity index (χ4v) is 0.810. The van der Waals surface area contributed by atoms with Gasteiger partial charge in [0.25, 0.3) is 0 Å². The van der Waals surface area contributed by atoms with Gasteiger partial charge in [0.1, 0.15) is 12.8 Å². The van der Waals surface area contributed by atoms with Crippen molar-refractivity contribution in [2.24, 2.45) is 0 Å². The summed E-state index contributed by atoms with van der Waals surface area (Å²) < 4.78 is 13.5. The molecule has 0 aromatic carbocycles. The standard InChI is InChI=1S/C7H11FN2O/c1-2-10-4-3-6(9-10)7(11)5-8/h3-4,7,11H,2,5H2,1H3. The third-order valence-electron chi connectivity index (χ3n) is 1.47. The van der Waals surface area contributed by atoms with Gasteiger partial charge in [0, 0.05) is 12.7 Å². The molecule has 1 N–H and O–H groups in total. The Labute approximate surface area is 64.5 Å². The third-order valence-corrected chi connectivity index (χ3v) is 1.47. The van der Waals surface area contributed by atoms with E-state index in [2.05, 4.69) is 5.10 Å². The summed E-state index contributed by atoms with van der Waals surface area (Å²) in [5, 5.41) is 12.9. The van der Waals surface area contributed by atoms with Gasteiger partial charge in [0.2, 0.25) is 0 Å². The van der Waals surface area contributed by atoms with E-state index in [1.165, 1.54) is 0 Å². The van der Waals surface area contributed by atoms with Crippen molar-refractivity contribution in [3.63, 3.8) is 0 Å². The second-order valence-electron chi connectivity index (χ2n) is 2.27. The molecule has 3 nitrogen and oxygen atoms in total. The van der Waals surface area contributed by atoms with Gasteiger partial charge < -0.3 is 5.11 Å². The maximum atomic E-state index is 11.9. The SMILES string of the molecule is CCn1ccc(C(O)CF)n1. The van der Waals surface area contributed by atoms with Crippen LogP contribution in [0, 0.1) is 0 Å². The number of nitrogens with zero attached hydrogens (tertiary/aromatic N) is 2. The molecule has 1 unspecified atom stereocenters. The molecular formula is C7H11FN2O. The average Bonchev–Trinajstić information content (AvgIpc) is 2.50. The first-order valence-electron chi connectivity index (χ1n) is 3.55. The van der Waals surface area contributed by atoms with Crippen molar-refractivity contribution in [2.45, 2.75) is 19.6 Å². The van der Waals surface area contributed by atoms with Crippen LogP contribution in [0.15, 0.2) is 12.3 Å². The molecule has 0 amide bonds. The first-order valence-corrected chi connectivity index (χ1v) is 3.55. The van der Waals surface area contributed by atoms with Crippen LogP contribution in [0.1, 0.15) is 18.7 Å². The van der Waals surface area contributed by atoms with Gasteiger partial charge in [-0.3, -0.25) is 4.68 Å². The summed E-state index contributed by atoms with van der Waals surface area (Å²) in [4.78, 5) is 0. The van der Waals surface area contributed by atoms with Crippen LogP contribution in [-0.2, 0) is 6.54 Å². The van der Waals surface area contributed by atoms with E-state index in [-0.39, 0.29) is 0 Å². The second kappa shape index (κ2) is 3.48. The Kier molecular flexibility index (Phi) is 2.59. The van der Waals surface area contributed by atoms with Gasteiger partial charge in [-0.05, 0) is 13.0 Å². The van der Waals surface area contributed by atoms with E-state index in [0.717, 1.165) is 6.54 Å². The lowest BCUT2D eigenvalue weighted by atomic mass is 10.3. The lowest BCUT2D eigenvalue weighted by Crippen LogP contribution is -2.02. The van der Waals surface area contributed by atoms with Crippen molar-refractivity contribution in [1.82, 2.24) is 9.78 Å². The number of aryl methyl sites for hydroxylation is 1. The molecule has 0 fully saturated rings. The van der Waals surface area contributed by atoms with Gasteiger partial charge in [-0.1, -0.05) is 0 Å². The summed E-state index contributed by atoms with van der Waals surface area (Å²) >= 11 is 0. The lowest BCUT2D eigenvalue weighted by molar-refractivity contribution is 0.136. The molecule has 1 atom stereocenters. The molecule has 0 aliphatic carbocycles. The first kappa shape index (κ1) is 8.20. The molecule has 1 aromatic heterocycles. The van der Waals surface area contributed by atoms with E-state index in [1.807, 2.05) is 6.92 Å². The minimum atomic E-state index is -1.07. The summed E-state index contributed by atoms with van der Waals surface area (Å²) in [5.41, 5.74) is 0.398. The average molecular weight is 158 g/mol. The molecule has 4 heteroatoms. The Balaban J connectivity index is 2.71. The van der Waals surface area contributed by atoms with E-state index in [9.17, 15) is 4.39 Å². The van der Waals surface area contributed by atoms with E-state index in [0.29, 0.717) is 5.69 Å². The fourth-order valence-electron chi connectivity index (χ4n) is 0.810. The maximum Gasteiger partial charge on any atom is 0.126 e. The lowest BCUT2D eigenvalue weighted by Gasteiger charge is -1.99. The first-order chi connectivity index (χ1) is 5.27. The maximum absolute atomic E-state index is 11.9. The van der Waals surface area contributed by atoms with Crippen LogP contribution < -0.4 is 0 Å². The Morgan fingerprint density at radius 3 is 3.00 bits per heavy atom. The topological polar surface area (TPSA) is 38.0 Å². The Morgan fingerprint density at radius 2 is 2.55 bits per heavy atom. The normalized spacial score (nSPS) is 13.4. The van der Waals surface area contributed by atoms with Crippen LogP contribution in [-0.4, -0.2) is 21.6 Å². The summed E-state index contributed by atoms with van der Waals surface area (Å²) in [6.07, 6.45) is 0.650. The predicted octanol–water partition coefficient (Wildman–Crippen LogP) is 0.906. The fraction of sp³-hybridized carbons (Fsp3) is 0.571. The molecular weight excluding hydrogens is 147 g/mol. The van der Waals surface area contributed by atoms with Crippen LogP contribution in [0.3, 0.4) is 0 Å². The molecule has 0 spiro atoms. The number of hydrogen-bond donors (Lipinski definition) is 1. The van der Waals surface area contributed by atoms with Crippen molar-refractivity contribution in [3.05, 3.63) is 18.0 Å². The smallest absolute Gasteiger partial charge is 0.126 e. The predicted molar refractivity (Wildman–Crippen MR) is 38.8 cm³/mol. The van der Waals surface area contributed by atoms with E-state index in [4.69, 9.17) is 5.11 Å². The number of aliphatic hydroxyl groups excluding tert-OH is 1. The van der Waals surface area contributed by atoms with E-state index < -0.39 is 12.8 Å². The van der Waals surface area contributed by atoms with E-state index >= 15 is 0 Å². The zero-order valence-electron chi connectivity index (χ0n) is 6.37. The van der Waals surface area contributed by atoms with Crippen molar-refractivity contribution in [2.75, 3.05) is 6.67 Å². The van der Waals surface area contributed by atoms with Crippen molar-refractivity contribution in [3.8, 4) is 0 Å². The number of rotatable bonds is 3. The Hall–Kier alpha value is -0.900. The van der Waals surface area contributed by atoms with Gasteiger partial charge >= 0.3 is 0 Å².